The Bertz CT molecular complexity index is 1020. The molecule has 0 aromatic heterocycles. The Labute approximate surface area is 184 Å². The summed E-state index contributed by atoms with van der Waals surface area (Å²) in [4.78, 5) is 37.5. The van der Waals surface area contributed by atoms with Crippen LogP contribution in [0.25, 0.3) is 6.08 Å². The summed E-state index contributed by atoms with van der Waals surface area (Å²) in [7, 11) is 0. The van der Waals surface area contributed by atoms with Gasteiger partial charge >= 0.3 is 6.09 Å². The highest BCUT2D eigenvalue weighted by Crippen LogP contribution is 2.24. The second-order valence-corrected chi connectivity index (χ2v) is 7.01. The number of benzene rings is 2. The van der Waals surface area contributed by atoms with Crippen molar-refractivity contribution >= 4 is 35.1 Å². The van der Waals surface area contributed by atoms with E-state index in [-0.39, 0.29) is 11.8 Å². The van der Waals surface area contributed by atoms with E-state index >= 15 is 0 Å². The molecule has 0 spiro atoms. The van der Waals surface area contributed by atoms with Crippen LogP contribution in [-0.4, -0.2) is 54.6 Å². The van der Waals surface area contributed by atoms with Crippen molar-refractivity contribution in [2.45, 2.75) is 6.92 Å². The highest BCUT2D eigenvalue weighted by atomic mass is 19.1. The molecule has 1 heterocycles. The predicted molar refractivity (Wildman–Crippen MR) is 118 cm³/mol. The van der Waals surface area contributed by atoms with Crippen LogP contribution in [0.1, 0.15) is 12.5 Å². The fraction of sp³-hybridized carbons (Fsp3) is 0.273. The average molecular weight is 442 g/mol. The van der Waals surface area contributed by atoms with Crippen molar-refractivity contribution < 1.29 is 23.6 Å². The van der Waals surface area contributed by atoms with E-state index in [0.717, 1.165) is 0 Å². The number of amides is 2. The third-order valence-corrected chi connectivity index (χ3v) is 4.89. The number of halogens is 1. The zero-order valence-corrected chi connectivity index (χ0v) is 17.5. The first-order chi connectivity index (χ1) is 15.4. The van der Waals surface area contributed by atoms with Gasteiger partial charge in [-0.15, -0.1) is 0 Å². The number of carbonyl (C=O) groups is 2. The summed E-state index contributed by atoms with van der Waals surface area (Å²) in [5, 5.41) is 13.3. The molecule has 1 N–H and O–H groups in total. The number of hydrogen-bond donors (Lipinski definition) is 1. The fourth-order valence-corrected chi connectivity index (χ4v) is 3.25. The molecule has 0 aliphatic carbocycles. The van der Waals surface area contributed by atoms with Gasteiger partial charge < -0.3 is 19.9 Å². The van der Waals surface area contributed by atoms with Crippen LogP contribution in [0.4, 0.5) is 26.2 Å². The second kappa shape index (κ2) is 10.4. The van der Waals surface area contributed by atoms with E-state index in [4.69, 9.17) is 4.74 Å². The standard InChI is InChI=1S/C22H23FN4O5/c1-2-32-22(29)26-13-11-25(12-14-26)20-9-6-17(15-19(20)23)24-21(28)10-5-16-3-7-18(8-4-16)27(30)31/h3-10,15H,2,11-14H2,1H3,(H,24,28)/b10-5+. The molecule has 1 fully saturated rings. The maximum absolute atomic E-state index is 14.6. The predicted octanol–water partition coefficient (Wildman–Crippen LogP) is 3.66. The van der Waals surface area contributed by atoms with Crippen LogP contribution < -0.4 is 10.2 Å². The van der Waals surface area contributed by atoms with Gasteiger partial charge in [-0.1, -0.05) is 0 Å². The maximum Gasteiger partial charge on any atom is 0.409 e. The second-order valence-electron chi connectivity index (χ2n) is 7.01. The molecular weight excluding hydrogens is 419 g/mol. The van der Waals surface area contributed by atoms with Crippen molar-refractivity contribution in [1.82, 2.24) is 4.90 Å². The SMILES string of the molecule is CCOC(=O)N1CCN(c2ccc(NC(=O)/C=C/c3ccc([N+](=O)[O-])cc3)cc2F)CC1. The molecule has 1 aliphatic heterocycles. The smallest absolute Gasteiger partial charge is 0.409 e. The van der Waals surface area contributed by atoms with E-state index in [1.165, 1.54) is 42.5 Å². The summed E-state index contributed by atoms with van der Waals surface area (Å²) in [5.41, 5.74) is 1.28. The van der Waals surface area contributed by atoms with Gasteiger partial charge in [-0.3, -0.25) is 14.9 Å². The van der Waals surface area contributed by atoms with Crippen molar-refractivity contribution in [2.75, 3.05) is 43.0 Å². The molecule has 32 heavy (non-hydrogen) atoms. The molecule has 3 rings (SSSR count). The molecule has 2 aromatic carbocycles. The number of non-ortho nitro benzene ring substituents is 1. The summed E-state index contributed by atoms with van der Waals surface area (Å²) in [6, 6.07) is 10.2. The van der Waals surface area contributed by atoms with Crippen molar-refractivity contribution in [3.05, 3.63) is 70.0 Å². The Morgan fingerprint density at radius 2 is 1.84 bits per heavy atom. The van der Waals surface area contributed by atoms with E-state index in [2.05, 4.69) is 5.32 Å². The minimum absolute atomic E-state index is 0.0375. The first kappa shape index (κ1) is 22.7. The Morgan fingerprint density at radius 3 is 2.44 bits per heavy atom. The molecule has 1 saturated heterocycles. The van der Waals surface area contributed by atoms with Gasteiger partial charge in [0, 0.05) is 50.1 Å². The molecular formula is C22H23FN4O5. The number of nitro benzene ring substituents is 1. The van der Waals surface area contributed by atoms with Crippen LogP contribution in [0.3, 0.4) is 0 Å². The summed E-state index contributed by atoms with van der Waals surface area (Å²) < 4.78 is 19.6. The molecule has 0 radical (unpaired) electrons. The number of ether oxygens (including phenoxy) is 1. The van der Waals surface area contributed by atoms with Crippen LogP contribution in [0.5, 0.6) is 0 Å². The number of rotatable bonds is 6. The summed E-state index contributed by atoms with van der Waals surface area (Å²) in [6.07, 6.45) is 2.40. The van der Waals surface area contributed by atoms with Gasteiger partial charge in [0.2, 0.25) is 5.91 Å². The summed E-state index contributed by atoms with van der Waals surface area (Å²) >= 11 is 0. The number of nitrogens with zero attached hydrogens (tertiary/aromatic N) is 3. The van der Waals surface area contributed by atoms with Crippen LogP contribution in [0, 0.1) is 15.9 Å². The van der Waals surface area contributed by atoms with E-state index in [1.54, 1.807) is 24.0 Å². The molecule has 1 aliphatic rings. The van der Waals surface area contributed by atoms with E-state index in [9.17, 15) is 24.1 Å². The number of hydrogen-bond acceptors (Lipinski definition) is 6. The largest absolute Gasteiger partial charge is 0.450 e. The minimum Gasteiger partial charge on any atom is -0.450 e. The van der Waals surface area contributed by atoms with Gasteiger partial charge in [0.25, 0.3) is 5.69 Å². The van der Waals surface area contributed by atoms with Gasteiger partial charge in [0.05, 0.1) is 17.2 Å². The Kier molecular flexibility index (Phi) is 7.37. The molecule has 168 valence electrons. The maximum atomic E-state index is 14.6. The van der Waals surface area contributed by atoms with Crippen molar-refractivity contribution in [3.63, 3.8) is 0 Å². The monoisotopic (exact) mass is 442 g/mol. The van der Waals surface area contributed by atoms with Gasteiger partial charge in [-0.25, -0.2) is 9.18 Å². The van der Waals surface area contributed by atoms with Crippen LogP contribution >= 0.6 is 0 Å². The molecule has 0 saturated carbocycles. The van der Waals surface area contributed by atoms with Gasteiger partial charge in [-0.2, -0.15) is 0 Å². The molecule has 0 atom stereocenters. The van der Waals surface area contributed by atoms with Crippen molar-refractivity contribution in [1.29, 1.82) is 0 Å². The minimum atomic E-state index is -0.501. The Morgan fingerprint density at radius 1 is 1.16 bits per heavy atom. The first-order valence-corrected chi connectivity index (χ1v) is 10.1. The lowest BCUT2D eigenvalue weighted by Gasteiger charge is -2.35. The topological polar surface area (TPSA) is 105 Å². The zero-order valence-electron chi connectivity index (χ0n) is 17.5. The number of piperazine rings is 1. The van der Waals surface area contributed by atoms with Crippen LogP contribution in [0.15, 0.2) is 48.5 Å². The average Bonchev–Trinajstić information content (AvgIpc) is 2.78. The molecule has 0 unspecified atom stereocenters. The Hall–Kier alpha value is -3.95. The molecule has 9 nitrogen and oxygen atoms in total. The van der Waals surface area contributed by atoms with Crippen LogP contribution in [0.2, 0.25) is 0 Å². The number of anilines is 2. The Balaban J connectivity index is 1.56. The van der Waals surface area contributed by atoms with E-state index in [0.29, 0.717) is 49.7 Å². The third kappa shape index (κ3) is 5.81. The normalized spacial score (nSPS) is 13.8. The number of nitrogens with one attached hydrogen (secondary N) is 1. The number of nitro groups is 1. The van der Waals surface area contributed by atoms with Gasteiger partial charge in [0.1, 0.15) is 5.82 Å². The van der Waals surface area contributed by atoms with E-state index in [1.807, 2.05) is 4.90 Å². The van der Waals surface area contributed by atoms with Crippen LogP contribution in [-0.2, 0) is 9.53 Å². The molecule has 10 heteroatoms. The summed E-state index contributed by atoms with van der Waals surface area (Å²) in [6.45, 7) is 3.87. The highest BCUT2D eigenvalue weighted by Gasteiger charge is 2.23. The molecule has 2 aromatic rings. The van der Waals surface area contributed by atoms with E-state index < -0.39 is 16.6 Å². The lowest BCUT2D eigenvalue weighted by atomic mass is 10.2. The molecule has 0 bridgehead atoms. The van der Waals surface area contributed by atoms with Gasteiger partial charge in [0.15, 0.2) is 0 Å². The van der Waals surface area contributed by atoms with Crippen molar-refractivity contribution in [2.24, 2.45) is 0 Å². The lowest BCUT2D eigenvalue weighted by molar-refractivity contribution is -0.384. The highest BCUT2D eigenvalue weighted by molar-refractivity contribution is 6.02. The zero-order chi connectivity index (χ0) is 23.1. The number of carbonyl (C=O) groups excluding carboxylic acids is 2. The third-order valence-electron chi connectivity index (χ3n) is 4.89. The summed E-state index contributed by atoms with van der Waals surface area (Å²) in [5.74, 6) is -0.940. The fourth-order valence-electron chi connectivity index (χ4n) is 3.25. The quantitative estimate of drug-likeness (QED) is 0.416. The first-order valence-electron chi connectivity index (χ1n) is 10.1. The van der Waals surface area contributed by atoms with Gasteiger partial charge in [-0.05, 0) is 48.9 Å². The van der Waals surface area contributed by atoms with Crippen molar-refractivity contribution in [3.8, 4) is 0 Å². The molecule has 2 amide bonds. The lowest BCUT2D eigenvalue weighted by Crippen LogP contribution is -2.49.